The second-order valence-corrected chi connectivity index (χ2v) is 6.91. The van der Waals surface area contributed by atoms with Crippen LogP contribution in [-0.2, 0) is 0 Å². The van der Waals surface area contributed by atoms with Crippen LogP contribution >= 0.6 is 11.6 Å². The van der Waals surface area contributed by atoms with E-state index in [9.17, 15) is 4.79 Å². The number of anilines is 2. The molecule has 1 aliphatic heterocycles. The number of likely N-dealkylation sites (N-methyl/N-ethyl adjacent to an activating group) is 1. The van der Waals surface area contributed by atoms with Crippen LogP contribution < -0.4 is 15.0 Å². The Morgan fingerprint density at radius 2 is 1.89 bits per heavy atom. The fourth-order valence-electron chi connectivity index (χ4n) is 3.24. The molecule has 1 saturated heterocycles. The second kappa shape index (κ2) is 9.11. The molecule has 0 aliphatic carbocycles. The minimum atomic E-state index is -0.183. The molecule has 5 nitrogen and oxygen atoms in total. The molecule has 0 atom stereocenters. The van der Waals surface area contributed by atoms with Gasteiger partial charge in [0.05, 0.1) is 17.3 Å². The Morgan fingerprint density at radius 1 is 1.11 bits per heavy atom. The van der Waals surface area contributed by atoms with Gasteiger partial charge >= 0.3 is 0 Å². The van der Waals surface area contributed by atoms with Gasteiger partial charge < -0.3 is 19.9 Å². The van der Waals surface area contributed by atoms with Gasteiger partial charge in [-0.3, -0.25) is 4.79 Å². The van der Waals surface area contributed by atoms with E-state index in [1.165, 1.54) is 0 Å². The number of ether oxygens (including phenoxy) is 1. The van der Waals surface area contributed by atoms with Crippen molar-refractivity contribution in [1.82, 2.24) is 4.90 Å². The Hall–Kier alpha value is -2.24. The summed E-state index contributed by atoms with van der Waals surface area (Å²) in [5, 5.41) is 3.56. The van der Waals surface area contributed by atoms with E-state index in [0.29, 0.717) is 28.6 Å². The van der Waals surface area contributed by atoms with Crippen LogP contribution in [-0.4, -0.2) is 50.1 Å². The highest BCUT2D eigenvalue weighted by molar-refractivity contribution is 6.33. The molecule has 2 aromatic rings. The van der Waals surface area contributed by atoms with Gasteiger partial charge in [-0.1, -0.05) is 24.6 Å². The average molecular weight is 388 g/mol. The number of nitrogens with one attached hydrogen (secondary N) is 1. The summed E-state index contributed by atoms with van der Waals surface area (Å²) in [6.07, 6.45) is 0. The predicted molar refractivity (Wildman–Crippen MR) is 111 cm³/mol. The molecule has 3 rings (SSSR count). The highest BCUT2D eigenvalue weighted by Crippen LogP contribution is 2.30. The minimum absolute atomic E-state index is 0.183. The lowest BCUT2D eigenvalue weighted by Crippen LogP contribution is -2.46. The van der Waals surface area contributed by atoms with Crippen molar-refractivity contribution in [3.05, 3.63) is 53.1 Å². The first-order valence-corrected chi connectivity index (χ1v) is 9.79. The van der Waals surface area contributed by atoms with Gasteiger partial charge in [-0.2, -0.15) is 0 Å². The molecule has 1 amide bonds. The van der Waals surface area contributed by atoms with Crippen molar-refractivity contribution in [3.63, 3.8) is 0 Å². The third-order valence-electron chi connectivity index (χ3n) is 4.77. The van der Waals surface area contributed by atoms with Gasteiger partial charge in [-0.15, -0.1) is 0 Å². The minimum Gasteiger partial charge on any atom is -0.494 e. The van der Waals surface area contributed by atoms with E-state index in [-0.39, 0.29) is 5.91 Å². The number of piperazine rings is 1. The molecule has 0 radical (unpaired) electrons. The van der Waals surface area contributed by atoms with Crippen LogP contribution in [0.25, 0.3) is 0 Å². The van der Waals surface area contributed by atoms with Gasteiger partial charge in [0.15, 0.2) is 0 Å². The fourth-order valence-corrected chi connectivity index (χ4v) is 3.54. The number of benzene rings is 2. The summed E-state index contributed by atoms with van der Waals surface area (Å²) in [5.41, 5.74) is 2.25. The van der Waals surface area contributed by atoms with Crippen molar-refractivity contribution >= 4 is 28.9 Å². The average Bonchev–Trinajstić information content (AvgIpc) is 2.69. The molecular weight excluding hydrogens is 362 g/mol. The Balaban J connectivity index is 1.67. The lowest BCUT2D eigenvalue weighted by Gasteiger charge is -2.36. The predicted octanol–water partition coefficient (Wildman–Crippen LogP) is 4.13. The maximum atomic E-state index is 12.5. The van der Waals surface area contributed by atoms with Gasteiger partial charge in [-0.25, -0.2) is 0 Å². The number of nitrogens with zero attached hydrogens (tertiary/aromatic N) is 2. The van der Waals surface area contributed by atoms with Crippen LogP contribution in [0, 0.1) is 0 Å². The van der Waals surface area contributed by atoms with Crippen molar-refractivity contribution in [3.8, 4) is 5.75 Å². The summed E-state index contributed by atoms with van der Waals surface area (Å²) in [6, 6.07) is 12.8. The van der Waals surface area contributed by atoms with E-state index in [0.717, 1.165) is 38.4 Å². The zero-order valence-corrected chi connectivity index (χ0v) is 16.6. The molecule has 144 valence electrons. The second-order valence-electron chi connectivity index (χ2n) is 6.50. The third kappa shape index (κ3) is 4.93. The van der Waals surface area contributed by atoms with Crippen molar-refractivity contribution in [2.24, 2.45) is 0 Å². The molecule has 6 heteroatoms. The van der Waals surface area contributed by atoms with Crippen molar-refractivity contribution in [1.29, 1.82) is 0 Å². The summed E-state index contributed by atoms with van der Waals surface area (Å²) < 4.78 is 5.45. The van der Waals surface area contributed by atoms with E-state index < -0.39 is 0 Å². The molecule has 1 fully saturated rings. The van der Waals surface area contributed by atoms with Crippen LogP contribution in [0.2, 0.25) is 5.02 Å². The molecule has 1 aliphatic rings. The molecule has 0 aromatic heterocycles. The first kappa shape index (κ1) is 19.5. The van der Waals surface area contributed by atoms with Crippen LogP contribution in [0.3, 0.4) is 0 Å². The normalized spacial score (nSPS) is 14.9. The van der Waals surface area contributed by atoms with Gasteiger partial charge in [-0.05, 0) is 49.9 Å². The molecule has 1 heterocycles. The molecule has 2 aromatic carbocycles. The molecule has 0 unspecified atom stereocenters. The van der Waals surface area contributed by atoms with Crippen molar-refractivity contribution in [2.45, 2.75) is 13.8 Å². The third-order valence-corrected chi connectivity index (χ3v) is 5.08. The van der Waals surface area contributed by atoms with E-state index in [4.69, 9.17) is 16.3 Å². The molecule has 1 N–H and O–H groups in total. The van der Waals surface area contributed by atoms with E-state index in [2.05, 4.69) is 22.0 Å². The molecule has 0 saturated carbocycles. The first-order valence-electron chi connectivity index (χ1n) is 9.41. The number of amides is 1. The monoisotopic (exact) mass is 387 g/mol. The van der Waals surface area contributed by atoms with Gasteiger partial charge in [0.2, 0.25) is 0 Å². The quantitative estimate of drug-likeness (QED) is 0.809. The van der Waals surface area contributed by atoms with Gasteiger partial charge in [0, 0.05) is 37.4 Å². The first-order chi connectivity index (χ1) is 13.1. The number of carbonyl (C=O) groups is 1. The summed E-state index contributed by atoms with van der Waals surface area (Å²) in [5.74, 6) is 0.502. The van der Waals surface area contributed by atoms with E-state index >= 15 is 0 Å². The summed E-state index contributed by atoms with van der Waals surface area (Å²) in [7, 11) is 0. The summed E-state index contributed by atoms with van der Waals surface area (Å²) in [4.78, 5) is 17.2. The molecule has 0 bridgehead atoms. The van der Waals surface area contributed by atoms with E-state index in [1.54, 1.807) is 12.1 Å². The zero-order chi connectivity index (χ0) is 19.2. The Bertz CT molecular complexity index is 789. The lowest BCUT2D eigenvalue weighted by atomic mass is 10.2. The topological polar surface area (TPSA) is 44.8 Å². The van der Waals surface area contributed by atoms with E-state index in [1.807, 2.05) is 37.3 Å². The van der Waals surface area contributed by atoms with Crippen LogP contribution in [0.1, 0.15) is 24.2 Å². The number of hydrogen-bond donors (Lipinski definition) is 1. The van der Waals surface area contributed by atoms with Crippen LogP contribution in [0.5, 0.6) is 5.75 Å². The molecular formula is C21H26ClN3O2. The Kier molecular flexibility index (Phi) is 6.58. The fraction of sp³-hybridized carbons (Fsp3) is 0.381. The van der Waals surface area contributed by atoms with Crippen molar-refractivity contribution in [2.75, 3.05) is 49.5 Å². The SMILES string of the molecule is CCOc1cccc(C(=O)Nc2ccc(N3CCN(CC)CC3)c(Cl)c2)c1. The number of rotatable bonds is 6. The Labute approximate surface area is 165 Å². The smallest absolute Gasteiger partial charge is 0.255 e. The van der Waals surface area contributed by atoms with Crippen LogP contribution in [0.15, 0.2) is 42.5 Å². The number of halogens is 1. The number of carbonyl (C=O) groups excluding carboxylic acids is 1. The maximum absolute atomic E-state index is 12.5. The highest BCUT2D eigenvalue weighted by atomic mass is 35.5. The molecule has 27 heavy (non-hydrogen) atoms. The zero-order valence-electron chi connectivity index (χ0n) is 15.9. The highest BCUT2D eigenvalue weighted by Gasteiger charge is 2.18. The Morgan fingerprint density at radius 3 is 2.56 bits per heavy atom. The lowest BCUT2D eigenvalue weighted by molar-refractivity contribution is 0.102. The van der Waals surface area contributed by atoms with Gasteiger partial charge in [0.25, 0.3) is 5.91 Å². The summed E-state index contributed by atoms with van der Waals surface area (Å²) >= 11 is 6.50. The summed E-state index contributed by atoms with van der Waals surface area (Å²) in [6.45, 7) is 9.75. The number of hydrogen-bond acceptors (Lipinski definition) is 4. The van der Waals surface area contributed by atoms with Gasteiger partial charge in [0.1, 0.15) is 5.75 Å². The standard InChI is InChI=1S/C21H26ClN3O2/c1-3-24-10-12-25(13-11-24)20-9-8-17(15-19(20)22)23-21(26)16-6-5-7-18(14-16)27-4-2/h5-9,14-15H,3-4,10-13H2,1-2H3,(H,23,26). The van der Waals surface area contributed by atoms with Crippen LogP contribution in [0.4, 0.5) is 11.4 Å². The maximum Gasteiger partial charge on any atom is 0.255 e. The molecule has 0 spiro atoms. The van der Waals surface area contributed by atoms with Crippen molar-refractivity contribution < 1.29 is 9.53 Å². The largest absolute Gasteiger partial charge is 0.494 e.